The highest BCUT2D eigenvalue weighted by atomic mass is 15.0. The van der Waals surface area contributed by atoms with Crippen molar-refractivity contribution in [1.82, 2.24) is 4.57 Å². The number of allylic oxidation sites excluding steroid dienone is 2. The van der Waals surface area contributed by atoms with Crippen molar-refractivity contribution in [2.45, 2.75) is 33.6 Å². The summed E-state index contributed by atoms with van der Waals surface area (Å²) in [6.07, 6.45) is 4.72. The van der Waals surface area contributed by atoms with Gasteiger partial charge in [0.2, 0.25) is 0 Å². The summed E-state index contributed by atoms with van der Waals surface area (Å²) in [5, 5.41) is 1.46. The molecule has 0 N–H and O–H groups in total. The highest BCUT2D eigenvalue weighted by Gasteiger charge is 2.25. The lowest BCUT2D eigenvalue weighted by Crippen LogP contribution is -2.11. The Balaban J connectivity index is 2.39. The first-order valence-corrected chi connectivity index (χ1v) is 6.85. The lowest BCUT2D eigenvalue weighted by Gasteiger charge is -2.23. The number of nitrogens with zero attached hydrogens (tertiary/aromatic N) is 1. The predicted octanol–water partition coefficient (Wildman–Crippen LogP) is 4.47. The minimum atomic E-state index is 0.759. The van der Waals surface area contributed by atoms with Crippen molar-refractivity contribution < 1.29 is 0 Å². The van der Waals surface area contributed by atoms with E-state index in [1.165, 1.54) is 40.6 Å². The highest BCUT2D eigenvalue weighted by molar-refractivity contribution is 5.91. The summed E-state index contributed by atoms with van der Waals surface area (Å²) < 4.78 is 2.38. The second-order valence-electron chi connectivity index (χ2n) is 5.73. The van der Waals surface area contributed by atoms with Crippen LogP contribution in [0.15, 0.2) is 24.3 Å². The van der Waals surface area contributed by atoms with Crippen molar-refractivity contribution in [3.8, 4) is 0 Å². The van der Waals surface area contributed by atoms with Crippen LogP contribution in [0.4, 0.5) is 0 Å². The molecule has 0 radical (unpaired) electrons. The molecule has 1 heterocycles. The van der Waals surface area contributed by atoms with Crippen LogP contribution in [0.2, 0.25) is 0 Å². The fraction of sp³-hybridized carbons (Fsp3) is 0.412. The Morgan fingerprint density at radius 1 is 1.28 bits per heavy atom. The topological polar surface area (TPSA) is 4.93 Å². The van der Waals surface area contributed by atoms with Gasteiger partial charge in [-0.15, -0.1) is 0 Å². The van der Waals surface area contributed by atoms with E-state index in [0.717, 1.165) is 5.92 Å². The average Bonchev–Trinajstić information content (AvgIpc) is 2.62. The molecule has 1 unspecified atom stereocenters. The van der Waals surface area contributed by atoms with E-state index in [1.807, 2.05) is 0 Å². The summed E-state index contributed by atoms with van der Waals surface area (Å²) in [5.41, 5.74) is 7.27. The van der Waals surface area contributed by atoms with Gasteiger partial charge in [-0.1, -0.05) is 24.6 Å². The van der Waals surface area contributed by atoms with Gasteiger partial charge in [-0.2, -0.15) is 0 Å². The van der Waals surface area contributed by atoms with Crippen LogP contribution in [0.3, 0.4) is 0 Å². The van der Waals surface area contributed by atoms with Crippen LogP contribution in [0, 0.1) is 12.8 Å². The molecule has 0 aliphatic heterocycles. The van der Waals surface area contributed by atoms with E-state index in [1.54, 1.807) is 5.56 Å². The van der Waals surface area contributed by atoms with Gasteiger partial charge in [0, 0.05) is 23.6 Å². The Morgan fingerprint density at radius 2 is 2.06 bits per heavy atom. The Kier molecular flexibility index (Phi) is 2.58. The largest absolute Gasteiger partial charge is 0.344 e. The number of aryl methyl sites for hydroxylation is 2. The first-order valence-electron chi connectivity index (χ1n) is 6.85. The molecule has 0 amide bonds. The van der Waals surface area contributed by atoms with Crippen molar-refractivity contribution in [3.63, 3.8) is 0 Å². The second-order valence-corrected chi connectivity index (χ2v) is 5.73. The number of fused-ring (bicyclic) bond motifs is 3. The number of aromatic nitrogens is 1. The van der Waals surface area contributed by atoms with Crippen molar-refractivity contribution in [2.75, 3.05) is 0 Å². The summed E-state index contributed by atoms with van der Waals surface area (Å²) in [6, 6.07) is 6.83. The molecule has 1 nitrogen and oxygen atoms in total. The van der Waals surface area contributed by atoms with E-state index in [9.17, 15) is 0 Å². The van der Waals surface area contributed by atoms with Crippen LogP contribution in [0.25, 0.3) is 16.5 Å². The van der Waals surface area contributed by atoms with Gasteiger partial charge in [0.15, 0.2) is 0 Å². The molecule has 1 aromatic carbocycles. The molecule has 1 aliphatic rings. The number of rotatable bonds is 0. The van der Waals surface area contributed by atoms with Gasteiger partial charge in [0.1, 0.15) is 0 Å². The number of hydrogen-bond acceptors (Lipinski definition) is 0. The molecule has 3 rings (SSSR count). The molecule has 0 saturated heterocycles. The normalized spacial score (nSPS) is 21.6. The maximum Gasteiger partial charge on any atom is 0.0485 e. The monoisotopic (exact) mass is 239 g/mol. The Morgan fingerprint density at radius 3 is 2.78 bits per heavy atom. The molecule has 0 saturated carbocycles. The minimum absolute atomic E-state index is 0.759. The van der Waals surface area contributed by atoms with Crippen molar-refractivity contribution >= 4 is 16.5 Å². The maximum atomic E-state index is 2.38. The van der Waals surface area contributed by atoms with E-state index >= 15 is 0 Å². The Hall–Kier alpha value is -1.50. The van der Waals surface area contributed by atoms with Gasteiger partial charge in [0.25, 0.3) is 0 Å². The van der Waals surface area contributed by atoms with Crippen LogP contribution in [-0.4, -0.2) is 4.57 Å². The van der Waals surface area contributed by atoms with Gasteiger partial charge in [-0.25, -0.2) is 0 Å². The first kappa shape index (κ1) is 11.6. The van der Waals surface area contributed by atoms with Gasteiger partial charge >= 0.3 is 0 Å². The van der Waals surface area contributed by atoms with E-state index in [2.05, 4.69) is 56.7 Å². The molecular formula is C17H21N. The molecule has 1 heteroatoms. The first-order chi connectivity index (χ1) is 8.61. The number of hydrogen-bond donors (Lipinski definition) is 0. The zero-order valence-corrected chi connectivity index (χ0v) is 11.7. The lowest BCUT2D eigenvalue weighted by molar-refractivity contribution is 0.578. The smallest absolute Gasteiger partial charge is 0.0485 e. The fourth-order valence-electron chi connectivity index (χ4n) is 3.40. The zero-order chi connectivity index (χ0) is 12.9. The fourth-order valence-corrected chi connectivity index (χ4v) is 3.40. The van der Waals surface area contributed by atoms with Gasteiger partial charge in [-0.05, 0) is 55.9 Å². The quantitative estimate of drug-likeness (QED) is 0.639. The Labute approximate surface area is 109 Å². The van der Waals surface area contributed by atoms with E-state index in [0.29, 0.717) is 0 Å². The van der Waals surface area contributed by atoms with Crippen LogP contribution in [-0.2, 0) is 13.5 Å². The zero-order valence-electron chi connectivity index (χ0n) is 11.7. The molecule has 94 valence electrons. The molecule has 1 aliphatic carbocycles. The van der Waals surface area contributed by atoms with Crippen LogP contribution in [0.1, 0.15) is 37.1 Å². The maximum absolute atomic E-state index is 2.38. The van der Waals surface area contributed by atoms with Gasteiger partial charge in [0.05, 0.1) is 0 Å². The van der Waals surface area contributed by atoms with E-state index < -0.39 is 0 Å². The Bertz CT molecular complexity index is 643. The third-order valence-corrected chi connectivity index (χ3v) is 4.23. The molecule has 1 atom stereocenters. The minimum Gasteiger partial charge on any atom is -0.344 e. The van der Waals surface area contributed by atoms with E-state index in [4.69, 9.17) is 0 Å². The summed E-state index contributed by atoms with van der Waals surface area (Å²) in [7, 11) is 2.20. The highest BCUT2D eigenvalue weighted by Crippen LogP contribution is 2.39. The van der Waals surface area contributed by atoms with Crippen molar-refractivity contribution in [1.29, 1.82) is 0 Å². The van der Waals surface area contributed by atoms with Crippen LogP contribution < -0.4 is 0 Å². The van der Waals surface area contributed by atoms with Gasteiger partial charge < -0.3 is 4.57 Å². The summed E-state index contributed by atoms with van der Waals surface area (Å²) in [6.45, 7) is 6.71. The van der Waals surface area contributed by atoms with Crippen molar-refractivity contribution in [3.05, 3.63) is 41.1 Å². The SMILES string of the molecule is CC=C1CC(C)Cc2c1n(C)c1ccc(C)cc21. The van der Waals surface area contributed by atoms with Crippen LogP contribution >= 0.6 is 0 Å². The predicted molar refractivity (Wildman–Crippen MR) is 78.8 cm³/mol. The van der Waals surface area contributed by atoms with E-state index in [-0.39, 0.29) is 0 Å². The molecule has 18 heavy (non-hydrogen) atoms. The number of benzene rings is 1. The second kappa shape index (κ2) is 4.01. The third kappa shape index (κ3) is 1.53. The summed E-state index contributed by atoms with van der Waals surface area (Å²) in [4.78, 5) is 0. The lowest BCUT2D eigenvalue weighted by atomic mass is 9.84. The van der Waals surface area contributed by atoms with Gasteiger partial charge in [-0.3, -0.25) is 0 Å². The molecular weight excluding hydrogens is 218 g/mol. The molecule has 0 bridgehead atoms. The molecule has 0 spiro atoms. The standard InChI is InChI=1S/C17H21N/c1-5-13-8-12(3)10-15-14-9-11(2)6-7-16(14)18(4)17(13)15/h5-7,9,12H,8,10H2,1-4H3. The summed E-state index contributed by atoms with van der Waals surface area (Å²) >= 11 is 0. The molecule has 1 aromatic heterocycles. The summed E-state index contributed by atoms with van der Waals surface area (Å²) in [5.74, 6) is 0.759. The van der Waals surface area contributed by atoms with Crippen molar-refractivity contribution in [2.24, 2.45) is 13.0 Å². The van der Waals surface area contributed by atoms with Crippen LogP contribution in [0.5, 0.6) is 0 Å². The average molecular weight is 239 g/mol. The third-order valence-electron chi connectivity index (χ3n) is 4.23. The molecule has 0 fully saturated rings. The molecule has 2 aromatic rings.